The van der Waals surface area contributed by atoms with E-state index in [-0.39, 0.29) is 51.9 Å². The number of carbonyl (C=O) groups excluding carboxylic acids is 1. The Morgan fingerprint density at radius 1 is 0.719 bits per heavy atom. The predicted octanol–water partition coefficient (Wildman–Crippen LogP) is 1.24. The minimum absolute atomic E-state index is 0.00682. The Balaban J connectivity index is 1.17. The molecule has 7 rings (SSSR count). The van der Waals surface area contributed by atoms with Gasteiger partial charge in [-0.3, -0.25) is 4.79 Å². The van der Waals surface area contributed by atoms with E-state index >= 15 is 0 Å². The van der Waals surface area contributed by atoms with Crippen molar-refractivity contribution >= 4 is 11.9 Å². The van der Waals surface area contributed by atoms with E-state index in [9.17, 15) is 55.5 Å². The number of aliphatic hydroxyl groups excluding tert-OH is 8. The van der Waals surface area contributed by atoms with Gasteiger partial charge in [-0.05, 0) is 103 Å². The number of ether oxygens (including phenoxy) is 4. The molecule has 2 saturated heterocycles. The van der Waals surface area contributed by atoms with Gasteiger partial charge in [-0.1, -0.05) is 53.7 Å². The Morgan fingerprint density at radius 2 is 1.37 bits per heavy atom. The van der Waals surface area contributed by atoms with Crippen LogP contribution in [0.15, 0.2) is 12.2 Å². The molecule has 20 atom stereocenters. The number of aliphatic carboxylic acids is 1. The summed E-state index contributed by atoms with van der Waals surface area (Å²) in [5, 5.41) is 93.6. The first kappa shape index (κ1) is 43.3. The van der Waals surface area contributed by atoms with Crippen molar-refractivity contribution in [2.75, 3.05) is 13.2 Å². The number of esters is 1. The molecule has 2 aliphatic heterocycles. The Kier molecular flexibility index (Phi) is 11.2. The molecule has 0 radical (unpaired) electrons. The number of fused-ring (bicyclic) bond motifs is 7. The standard InChI is InChI=1S/C42H66O15/c1-37(2)13-15-42(36(53)57-34-30(49)27(46)26(45)22(18-43)54-34)16-14-40(5)20(21(42)17-37)7-8-24-38(3)11-10-25(39(4,19-44)23(38)9-12-41(24,40)6)55-35-31(50)28(47)29(48)32(56-35)33(51)52/h7-8,20-32,34-35,43-50H,9-19H2,1-6H3,(H,51,52)/t20-,21-,22+,23+,24-,25-,26+,27-,28-,29-,30+,31+,32-,34-,35+,38+,39-,40+,41-,42-/m1/s1. The van der Waals surface area contributed by atoms with E-state index in [2.05, 4.69) is 46.8 Å². The van der Waals surface area contributed by atoms with Gasteiger partial charge in [0.05, 0.1) is 24.7 Å². The monoisotopic (exact) mass is 810 g/mol. The third-order valence-electron chi connectivity index (χ3n) is 17.4. The van der Waals surface area contributed by atoms with Crippen molar-refractivity contribution in [3.63, 3.8) is 0 Å². The molecule has 57 heavy (non-hydrogen) atoms. The van der Waals surface area contributed by atoms with Crippen molar-refractivity contribution in [3.8, 4) is 0 Å². The normalized spacial score (nSPS) is 54.4. The zero-order valence-corrected chi connectivity index (χ0v) is 34.1. The van der Waals surface area contributed by atoms with Crippen LogP contribution in [-0.4, -0.2) is 139 Å². The van der Waals surface area contributed by atoms with Crippen molar-refractivity contribution < 1.29 is 74.5 Å². The molecule has 324 valence electrons. The molecule has 0 amide bonds. The van der Waals surface area contributed by atoms with Crippen LogP contribution in [0.4, 0.5) is 0 Å². The minimum Gasteiger partial charge on any atom is -0.479 e. The van der Waals surface area contributed by atoms with E-state index in [4.69, 9.17) is 18.9 Å². The van der Waals surface area contributed by atoms with E-state index in [1.54, 1.807) is 0 Å². The van der Waals surface area contributed by atoms with Gasteiger partial charge in [0.15, 0.2) is 12.4 Å². The second kappa shape index (κ2) is 14.7. The summed E-state index contributed by atoms with van der Waals surface area (Å²) in [5.41, 5.74) is -2.52. The van der Waals surface area contributed by atoms with Crippen molar-refractivity contribution in [3.05, 3.63) is 12.2 Å². The number of hydrogen-bond donors (Lipinski definition) is 9. The zero-order chi connectivity index (χ0) is 41.8. The number of aliphatic hydroxyl groups is 8. The molecule has 0 aromatic heterocycles. The third kappa shape index (κ3) is 6.39. The summed E-state index contributed by atoms with van der Waals surface area (Å²) < 4.78 is 23.4. The summed E-state index contributed by atoms with van der Waals surface area (Å²) in [6, 6.07) is 0. The molecule has 0 aromatic carbocycles. The van der Waals surface area contributed by atoms with Gasteiger partial charge in [-0.25, -0.2) is 4.79 Å². The van der Waals surface area contributed by atoms with Crippen molar-refractivity contribution in [2.24, 2.45) is 56.2 Å². The fourth-order valence-corrected chi connectivity index (χ4v) is 13.6. The van der Waals surface area contributed by atoms with Gasteiger partial charge in [0.1, 0.15) is 42.7 Å². The van der Waals surface area contributed by atoms with Crippen LogP contribution in [0.25, 0.3) is 0 Å². The van der Waals surface area contributed by atoms with Gasteiger partial charge in [-0.2, -0.15) is 0 Å². The van der Waals surface area contributed by atoms with Crippen LogP contribution < -0.4 is 0 Å². The highest BCUT2D eigenvalue weighted by Crippen LogP contribution is 2.76. The highest BCUT2D eigenvalue weighted by atomic mass is 16.7. The maximum Gasteiger partial charge on any atom is 0.335 e. The summed E-state index contributed by atoms with van der Waals surface area (Å²) in [7, 11) is 0. The molecule has 5 aliphatic carbocycles. The zero-order valence-electron chi connectivity index (χ0n) is 34.1. The maximum atomic E-state index is 14.6. The Morgan fingerprint density at radius 3 is 2.02 bits per heavy atom. The first-order chi connectivity index (χ1) is 26.5. The maximum absolute atomic E-state index is 14.6. The molecule has 0 bridgehead atoms. The number of carboxylic acids is 1. The molecule has 2 heterocycles. The van der Waals surface area contributed by atoms with Gasteiger partial charge in [0.2, 0.25) is 6.29 Å². The fraction of sp³-hybridized carbons (Fsp3) is 0.905. The highest BCUT2D eigenvalue weighted by molar-refractivity contribution is 5.78. The lowest BCUT2D eigenvalue weighted by Gasteiger charge is -2.72. The first-order valence-corrected chi connectivity index (χ1v) is 20.9. The van der Waals surface area contributed by atoms with Gasteiger partial charge in [0.25, 0.3) is 0 Å². The van der Waals surface area contributed by atoms with Crippen LogP contribution >= 0.6 is 0 Å². The minimum atomic E-state index is -1.84. The number of carbonyl (C=O) groups is 2. The van der Waals surface area contributed by atoms with E-state index < -0.39 is 96.9 Å². The van der Waals surface area contributed by atoms with Gasteiger partial charge in [0, 0.05) is 5.41 Å². The van der Waals surface area contributed by atoms with Gasteiger partial charge >= 0.3 is 11.9 Å². The first-order valence-electron chi connectivity index (χ1n) is 20.9. The average molecular weight is 811 g/mol. The summed E-state index contributed by atoms with van der Waals surface area (Å²) >= 11 is 0. The fourth-order valence-electron chi connectivity index (χ4n) is 13.6. The molecule has 0 aromatic rings. The average Bonchev–Trinajstić information content (AvgIpc) is 3.16. The molecule has 0 spiro atoms. The quantitative estimate of drug-likeness (QED) is 0.0997. The lowest BCUT2D eigenvalue weighted by atomic mass is 9.33. The van der Waals surface area contributed by atoms with E-state index in [0.717, 1.165) is 32.1 Å². The summed E-state index contributed by atoms with van der Waals surface area (Å²) in [6.45, 7) is 12.6. The number of hydrogen-bond acceptors (Lipinski definition) is 14. The Bertz CT molecular complexity index is 1570. The molecule has 6 fully saturated rings. The van der Waals surface area contributed by atoms with Gasteiger partial charge in [-0.15, -0.1) is 0 Å². The van der Waals surface area contributed by atoms with E-state index in [1.165, 1.54) is 0 Å². The van der Waals surface area contributed by atoms with Crippen LogP contribution in [0.1, 0.15) is 99.3 Å². The molecule has 7 aliphatic rings. The van der Waals surface area contributed by atoms with Crippen molar-refractivity contribution in [2.45, 2.75) is 167 Å². The SMILES string of the molecule is CC1(C)CC[C@@]2(C(=O)O[C@H]3O[C@@H](CO)[C@H](O)[C@@H](O)[C@@H]3O)CC[C@@]3(C)[C@H](C=C[C@@H]4[C@@]5(C)CC[C@@H](O[C@H]6O[C@@H](C(=O)O)[C@H](O)[C@@H](O)[C@@H]6O)[C@](C)(CO)[C@H]5CC[C@]43C)[C@H]2C1. The lowest BCUT2D eigenvalue weighted by molar-refractivity contribution is -0.327. The van der Waals surface area contributed by atoms with E-state index in [0.29, 0.717) is 25.7 Å². The second-order valence-corrected chi connectivity index (χ2v) is 20.6. The largest absolute Gasteiger partial charge is 0.479 e. The van der Waals surface area contributed by atoms with Crippen molar-refractivity contribution in [1.29, 1.82) is 0 Å². The topological polar surface area (TPSA) is 253 Å². The molecule has 0 unspecified atom stereocenters. The summed E-state index contributed by atoms with van der Waals surface area (Å²) in [6.07, 6.45) is -6.11. The Labute approximate surface area is 334 Å². The molecule has 15 nitrogen and oxygen atoms in total. The molecule has 4 saturated carbocycles. The lowest BCUT2D eigenvalue weighted by Crippen LogP contribution is -2.68. The number of rotatable bonds is 7. The van der Waals surface area contributed by atoms with Crippen molar-refractivity contribution in [1.82, 2.24) is 0 Å². The Hall–Kier alpha value is -1.76. The number of carboxylic acid groups (broad SMARTS) is 1. The molecule has 9 N–H and O–H groups in total. The third-order valence-corrected chi connectivity index (χ3v) is 17.4. The van der Waals surface area contributed by atoms with Crippen LogP contribution in [0.2, 0.25) is 0 Å². The molecule has 15 heteroatoms. The highest BCUT2D eigenvalue weighted by Gasteiger charge is 2.71. The van der Waals surface area contributed by atoms with E-state index in [1.807, 2.05) is 6.92 Å². The number of allylic oxidation sites excluding steroid dienone is 2. The predicted molar refractivity (Wildman–Crippen MR) is 199 cm³/mol. The summed E-state index contributed by atoms with van der Waals surface area (Å²) in [4.78, 5) is 26.4. The van der Waals surface area contributed by atoms with Crippen LogP contribution in [-0.2, 0) is 28.5 Å². The van der Waals surface area contributed by atoms with Crippen LogP contribution in [0.3, 0.4) is 0 Å². The summed E-state index contributed by atoms with van der Waals surface area (Å²) in [5.74, 6) is -2.04. The van der Waals surface area contributed by atoms with Crippen LogP contribution in [0.5, 0.6) is 0 Å². The molecular weight excluding hydrogens is 744 g/mol. The molecular formula is C42H66O15. The van der Waals surface area contributed by atoms with Crippen LogP contribution in [0, 0.1) is 56.2 Å². The smallest absolute Gasteiger partial charge is 0.335 e. The van der Waals surface area contributed by atoms with Gasteiger partial charge < -0.3 is 64.9 Å². The second-order valence-electron chi connectivity index (χ2n) is 20.6.